The molecule has 0 N–H and O–H groups in total. The maximum Gasteiger partial charge on any atom is 0.236 e. The zero-order chi connectivity index (χ0) is 17.3. The lowest BCUT2D eigenvalue weighted by Crippen LogP contribution is -2.51. The van der Waals surface area contributed by atoms with Crippen LogP contribution in [0.2, 0.25) is 0 Å². The van der Waals surface area contributed by atoms with Crippen LogP contribution in [0.3, 0.4) is 0 Å². The highest BCUT2D eigenvalue weighted by atomic mass is 19.1. The lowest BCUT2D eigenvalue weighted by Gasteiger charge is -2.37. The number of anilines is 1. The van der Waals surface area contributed by atoms with Crippen molar-refractivity contribution < 1.29 is 13.9 Å². The largest absolute Gasteiger partial charge is 0.381 e. The molecule has 3 aliphatic heterocycles. The first-order chi connectivity index (χ1) is 12.2. The van der Waals surface area contributed by atoms with E-state index in [2.05, 4.69) is 4.90 Å². The van der Waals surface area contributed by atoms with Crippen molar-refractivity contribution in [3.63, 3.8) is 0 Å². The Kier molecular flexibility index (Phi) is 4.65. The van der Waals surface area contributed by atoms with Gasteiger partial charge in [0.1, 0.15) is 5.82 Å². The van der Waals surface area contributed by atoms with Crippen molar-refractivity contribution in [2.45, 2.75) is 12.8 Å². The highest BCUT2D eigenvalue weighted by Crippen LogP contribution is 2.38. The smallest absolute Gasteiger partial charge is 0.236 e. The topological polar surface area (TPSA) is 36.0 Å². The van der Waals surface area contributed by atoms with Gasteiger partial charge in [0.25, 0.3) is 0 Å². The first-order valence-electron chi connectivity index (χ1n) is 9.23. The fraction of sp³-hybridized carbons (Fsp3) is 0.632. The van der Waals surface area contributed by atoms with Gasteiger partial charge in [-0.05, 0) is 31.5 Å². The molecule has 0 aliphatic carbocycles. The molecule has 1 aromatic rings. The molecular weight excluding hydrogens is 321 g/mol. The van der Waals surface area contributed by atoms with Crippen LogP contribution in [0.25, 0.3) is 0 Å². The Morgan fingerprint density at radius 3 is 2.64 bits per heavy atom. The number of ether oxygens (including phenoxy) is 1. The molecule has 3 aliphatic rings. The molecule has 1 aromatic carbocycles. The number of hydrogen-bond acceptors (Lipinski definition) is 4. The van der Waals surface area contributed by atoms with Gasteiger partial charge in [-0.2, -0.15) is 0 Å². The molecule has 3 saturated heterocycles. The van der Waals surface area contributed by atoms with Gasteiger partial charge < -0.3 is 14.5 Å². The number of carbonyl (C=O) groups is 1. The predicted molar refractivity (Wildman–Crippen MR) is 94.1 cm³/mol. The summed E-state index contributed by atoms with van der Waals surface area (Å²) >= 11 is 0. The molecule has 1 amide bonds. The molecule has 3 fully saturated rings. The fourth-order valence-electron chi connectivity index (χ4n) is 4.33. The Morgan fingerprint density at radius 2 is 1.92 bits per heavy atom. The van der Waals surface area contributed by atoms with Gasteiger partial charge in [-0.15, -0.1) is 0 Å². The summed E-state index contributed by atoms with van der Waals surface area (Å²) in [5, 5.41) is 0. The first kappa shape index (κ1) is 16.8. The minimum atomic E-state index is -0.191. The Balaban J connectivity index is 1.28. The Labute approximate surface area is 148 Å². The van der Waals surface area contributed by atoms with Crippen molar-refractivity contribution in [1.29, 1.82) is 0 Å². The lowest BCUT2D eigenvalue weighted by atomic mass is 9.87. The number of benzene rings is 1. The molecule has 0 aromatic heterocycles. The number of likely N-dealkylation sites (tertiary alicyclic amines) is 1. The van der Waals surface area contributed by atoms with E-state index < -0.39 is 0 Å². The maximum absolute atomic E-state index is 13.9. The fourth-order valence-corrected chi connectivity index (χ4v) is 4.33. The standard InChI is InChI=1S/C19H26FN3O2/c20-16-3-1-2-4-17(16)22-8-10-23(11-9-22)18(24)13-21-7-5-19(14-21)6-12-25-15-19/h1-4H,5-15H2. The van der Waals surface area contributed by atoms with Crippen LogP contribution >= 0.6 is 0 Å². The zero-order valence-corrected chi connectivity index (χ0v) is 14.6. The Bertz CT molecular complexity index is 625. The number of halogens is 1. The quantitative estimate of drug-likeness (QED) is 0.832. The second-order valence-electron chi connectivity index (χ2n) is 7.58. The van der Waals surface area contributed by atoms with Crippen LogP contribution in [0.1, 0.15) is 12.8 Å². The highest BCUT2D eigenvalue weighted by molar-refractivity contribution is 5.78. The molecule has 0 saturated carbocycles. The number of hydrogen-bond donors (Lipinski definition) is 0. The van der Waals surface area contributed by atoms with E-state index in [1.165, 1.54) is 6.07 Å². The molecule has 5 nitrogen and oxygen atoms in total. The molecule has 25 heavy (non-hydrogen) atoms. The van der Waals surface area contributed by atoms with E-state index in [-0.39, 0.29) is 11.7 Å². The Hall–Kier alpha value is -1.66. The summed E-state index contributed by atoms with van der Waals surface area (Å²) in [6.07, 6.45) is 2.26. The van der Waals surface area contributed by atoms with Crippen molar-refractivity contribution >= 4 is 11.6 Å². The average Bonchev–Trinajstić information content (AvgIpc) is 3.25. The minimum absolute atomic E-state index is 0.191. The van der Waals surface area contributed by atoms with Crippen LogP contribution in [0.4, 0.5) is 10.1 Å². The molecule has 4 rings (SSSR count). The number of para-hydroxylation sites is 1. The molecular formula is C19H26FN3O2. The van der Waals surface area contributed by atoms with Crippen molar-refractivity contribution in [3.8, 4) is 0 Å². The summed E-state index contributed by atoms with van der Waals surface area (Å²) in [4.78, 5) is 18.9. The van der Waals surface area contributed by atoms with E-state index in [1.54, 1.807) is 12.1 Å². The van der Waals surface area contributed by atoms with Crippen molar-refractivity contribution in [2.24, 2.45) is 5.41 Å². The maximum atomic E-state index is 13.9. The Morgan fingerprint density at radius 1 is 1.12 bits per heavy atom. The number of nitrogens with zero attached hydrogens (tertiary/aromatic N) is 3. The number of rotatable bonds is 3. The van der Waals surface area contributed by atoms with Crippen LogP contribution < -0.4 is 4.90 Å². The normalized spacial score (nSPS) is 27.4. The summed E-state index contributed by atoms with van der Waals surface area (Å²) < 4.78 is 19.5. The van der Waals surface area contributed by atoms with Crippen LogP contribution in [-0.4, -0.2) is 74.7 Å². The second kappa shape index (κ2) is 6.92. The summed E-state index contributed by atoms with van der Waals surface area (Å²) in [5.74, 6) is 0.00701. The molecule has 1 atom stereocenters. The van der Waals surface area contributed by atoms with E-state index in [9.17, 15) is 9.18 Å². The lowest BCUT2D eigenvalue weighted by molar-refractivity contribution is -0.132. The van der Waals surface area contributed by atoms with Crippen LogP contribution in [0, 0.1) is 11.2 Å². The van der Waals surface area contributed by atoms with Gasteiger partial charge in [-0.25, -0.2) is 4.39 Å². The average molecular weight is 347 g/mol. The SMILES string of the molecule is O=C(CN1CCC2(CCOC2)C1)N1CCN(c2ccccc2F)CC1. The van der Waals surface area contributed by atoms with Crippen molar-refractivity contribution in [2.75, 3.05) is 63.9 Å². The first-order valence-corrected chi connectivity index (χ1v) is 9.23. The van der Waals surface area contributed by atoms with E-state index in [0.717, 1.165) is 39.1 Å². The zero-order valence-electron chi connectivity index (χ0n) is 14.6. The van der Waals surface area contributed by atoms with E-state index in [4.69, 9.17) is 4.74 Å². The molecule has 136 valence electrons. The van der Waals surface area contributed by atoms with Crippen LogP contribution in [0.5, 0.6) is 0 Å². The van der Waals surface area contributed by atoms with E-state index >= 15 is 0 Å². The number of carbonyl (C=O) groups excluding carboxylic acids is 1. The third-order valence-corrected chi connectivity index (χ3v) is 5.89. The van der Waals surface area contributed by atoms with Gasteiger partial charge in [-0.1, -0.05) is 12.1 Å². The third-order valence-electron chi connectivity index (χ3n) is 5.89. The van der Waals surface area contributed by atoms with Crippen LogP contribution in [-0.2, 0) is 9.53 Å². The van der Waals surface area contributed by atoms with Gasteiger partial charge in [0.15, 0.2) is 0 Å². The van der Waals surface area contributed by atoms with Crippen molar-refractivity contribution in [1.82, 2.24) is 9.80 Å². The molecule has 6 heteroatoms. The summed E-state index contributed by atoms with van der Waals surface area (Å²) in [6.45, 7) is 6.87. The second-order valence-corrected chi connectivity index (χ2v) is 7.58. The third kappa shape index (κ3) is 3.51. The van der Waals surface area contributed by atoms with Crippen LogP contribution in [0.15, 0.2) is 24.3 Å². The minimum Gasteiger partial charge on any atom is -0.381 e. The molecule has 1 unspecified atom stereocenters. The molecule has 1 spiro atoms. The van der Waals surface area contributed by atoms with Crippen molar-refractivity contribution in [3.05, 3.63) is 30.1 Å². The molecule has 0 radical (unpaired) electrons. The van der Waals surface area contributed by atoms with Gasteiger partial charge >= 0.3 is 0 Å². The molecule has 0 bridgehead atoms. The molecule has 3 heterocycles. The van der Waals surface area contributed by atoms with Gasteiger partial charge in [0, 0.05) is 44.7 Å². The summed E-state index contributed by atoms with van der Waals surface area (Å²) in [7, 11) is 0. The van der Waals surface area contributed by atoms with E-state index in [1.807, 2.05) is 15.9 Å². The summed E-state index contributed by atoms with van der Waals surface area (Å²) in [6, 6.07) is 6.85. The summed E-state index contributed by atoms with van der Waals surface area (Å²) in [5.41, 5.74) is 0.932. The van der Waals surface area contributed by atoms with E-state index in [0.29, 0.717) is 43.8 Å². The van der Waals surface area contributed by atoms with Gasteiger partial charge in [0.05, 0.1) is 18.8 Å². The number of amides is 1. The predicted octanol–water partition coefficient (Wildman–Crippen LogP) is 1.59. The van der Waals surface area contributed by atoms with Gasteiger partial charge in [0.2, 0.25) is 5.91 Å². The number of piperazine rings is 1. The van der Waals surface area contributed by atoms with Gasteiger partial charge in [-0.3, -0.25) is 9.69 Å². The monoisotopic (exact) mass is 347 g/mol. The highest BCUT2D eigenvalue weighted by Gasteiger charge is 2.41.